The number of hydrogen-bond donors (Lipinski definition) is 0. The number of rotatable bonds is 1. The number of aromatic nitrogens is 1. The van der Waals surface area contributed by atoms with Crippen LogP contribution < -0.4 is 4.74 Å². The highest BCUT2D eigenvalue weighted by atomic mass is 32.1. The van der Waals surface area contributed by atoms with E-state index < -0.39 is 0 Å². The maximum absolute atomic E-state index is 6.09. The Morgan fingerprint density at radius 3 is 2.65 bits per heavy atom. The van der Waals surface area contributed by atoms with Crippen molar-refractivity contribution in [2.45, 2.75) is 27.3 Å². The van der Waals surface area contributed by atoms with Gasteiger partial charge in [-0.15, -0.1) is 11.3 Å². The zero-order chi connectivity index (χ0) is 16.0. The van der Waals surface area contributed by atoms with Gasteiger partial charge in [-0.3, -0.25) is 0 Å². The van der Waals surface area contributed by atoms with Gasteiger partial charge in [0.15, 0.2) is 5.76 Å². The molecular formula is C18H16N2O2S. The molecule has 4 nitrogen and oxygen atoms in total. The quantitative estimate of drug-likeness (QED) is 0.653. The smallest absolute Gasteiger partial charge is 0.224 e. The van der Waals surface area contributed by atoms with Crippen molar-refractivity contribution in [3.05, 3.63) is 57.8 Å². The van der Waals surface area contributed by atoms with Crippen LogP contribution in [0.2, 0.25) is 0 Å². The Morgan fingerprint density at radius 1 is 1.09 bits per heavy atom. The Balaban J connectivity index is 1.88. The lowest BCUT2D eigenvalue weighted by atomic mass is 10.0. The van der Waals surface area contributed by atoms with Gasteiger partial charge in [0, 0.05) is 4.88 Å². The summed E-state index contributed by atoms with van der Waals surface area (Å²) in [5.41, 5.74) is 4.23. The number of fused-ring (bicyclic) bond motifs is 3. The van der Waals surface area contributed by atoms with E-state index in [4.69, 9.17) is 9.26 Å². The van der Waals surface area contributed by atoms with Gasteiger partial charge in [-0.2, -0.15) is 0 Å². The molecule has 0 amide bonds. The predicted molar refractivity (Wildman–Crippen MR) is 91.3 cm³/mol. The maximum atomic E-state index is 6.09. The average molecular weight is 324 g/mol. The van der Waals surface area contributed by atoms with Crippen LogP contribution in [0.5, 0.6) is 5.75 Å². The maximum Gasteiger partial charge on any atom is 0.224 e. The first-order valence-electron chi connectivity index (χ1n) is 7.48. The van der Waals surface area contributed by atoms with Gasteiger partial charge in [0.05, 0.1) is 21.7 Å². The van der Waals surface area contributed by atoms with E-state index in [1.807, 2.05) is 37.3 Å². The molecule has 0 aliphatic carbocycles. The molecule has 3 heterocycles. The fraction of sp³-hybridized carbons (Fsp3) is 0.222. The normalized spacial score (nSPS) is 13.1. The molecule has 3 aromatic rings. The monoisotopic (exact) mass is 324 g/mol. The summed E-state index contributed by atoms with van der Waals surface area (Å²) in [6.45, 7) is 6.65. The van der Waals surface area contributed by atoms with Gasteiger partial charge in [0.1, 0.15) is 12.3 Å². The molecular weight excluding hydrogens is 308 g/mol. The second-order valence-corrected chi connectivity index (χ2v) is 6.81. The number of aryl methyl sites for hydroxylation is 2. The van der Waals surface area contributed by atoms with Gasteiger partial charge in [0.25, 0.3) is 0 Å². The van der Waals surface area contributed by atoms with Crippen molar-refractivity contribution < 1.29 is 9.26 Å². The first-order chi connectivity index (χ1) is 11.1. The van der Waals surface area contributed by atoms with E-state index in [-0.39, 0.29) is 0 Å². The molecule has 5 heteroatoms. The Hall–Kier alpha value is -2.40. The summed E-state index contributed by atoms with van der Waals surface area (Å²) in [7, 11) is 0. The van der Waals surface area contributed by atoms with E-state index in [1.165, 1.54) is 10.4 Å². The van der Waals surface area contributed by atoms with Crippen LogP contribution in [0.1, 0.15) is 27.5 Å². The summed E-state index contributed by atoms with van der Waals surface area (Å²) in [5, 5.41) is 4.11. The SMILES string of the molecule is Cc1noc2c1-c1sc(C)c(C)c1C(Oc1ccccc1)=NC2. The van der Waals surface area contributed by atoms with Gasteiger partial charge >= 0.3 is 0 Å². The highest BCUT2D eigenvalue weighted by molar-refractivity contribution is 7.16. The van der Waals surface area contributed by atoms with Crippen LogP contribution in [-0.4, -0.2) is 11.1 Å². The molecule has 4 rings (SSSR count). The minimum atomic E-state index is 0.443. The summed E-state index contributed by atoms with van der Waals surface area (Å²) in [5.74, 6) is 2.24. The van der Waals surface area contributed by atoms with Crippen LogP contribution in [0.15, 0.2) is 39.8 Å². The summed E-state index contributed by atoms with van der Waals surface area (Å²) < 4.78 is 11.6. The molecule has 2 aromatic heterocycles. The fourth-order valence-corrected chi connectivity index (χ4v) is 4.05. The number of benzene rings is 1. The molecule has 0 spiro atoms. The van der Waals surface area contributed by atoms with Crippen LogP contribution in [0.25, 0.3) is 10.4 Å². The standard InChI is InChI=1S/C18H16N2O2S/c1-10-12(3)23-17-15(10)18(21-13-7-5-4-6-8-13)19-9-14-16(17)11(2)20-22-14/h4-8H,9H2,1-3H3. The molecule has 1 aromatic carbocycles. The Kier molecular flexibility index (Phi) is 3.31. The first kappa shape index (κ1) is 14.2. The number of thiophene rings is 1. The van der Waals surface area contributed by atoms with Crippen molar-refractivity contribution in [3.63, 3.8) is 0 Å². The van der Waals surface area contributed by atoms with Gasteiger partial charge in [-0.25, -0.2) is 4.99 Å². The van der Waals surface area contributed by atoms with Crippen LogP contribution in [0.4, 0.5) is 0 Å². The van der Waals surface area contributed by atoms with Crippen LogP contribution in [0.3, 0.4) is 0 Å². The molecule has 0 N–H and O–H groups in total. The van der Waals surface area contributed by atoms with Crippen molar-refractivity contribution in [3.8, 4) is 16.2 Å². The lowest BCUT2D eigenvalue weighted by molar-refractivity contribution is 0.381. The largest absolute Gasteiger partial charge is 0.439 e. The van der Waals surface area contributed by atoms with Crippen molar-refractivity contribution in [1.29, 1.82) is 0 Å². The van der Waals surface area contributed by atoms with Gasteiger partial charge < -0.3 is 9.26 Å². The fourth-order valence-electron chi connectivity index (χ4n) is 2.78. The summed E-state index contributed by atoms with van der Waals surface area (Å²) in [4.78, 5) is 7.05. The summed E-state index contributed by atoms with van der Waals surface area (Å²) in [6.07, 6.45) is 0. The molecule has 0 saturated heterocycles. The van der Waals surface area contributed by atoms with E-state index in [1.54, 1.807) is 11.3 Å². The number of nitrogens with zero attached hydrogens (tertiary/aromatic N) is 2. The Morgan fingerprint density at radius 2 is 1.87 bits per heavy atom. The zero-order valence-electron chi connectivity index (χ0n) is 13.2. The van der Waals surface area contributed by atoms with Crippen molar-refractivity contribution in [1.82, 2.24) is 5.16 Å². The molecule has 0 atom stereocenters. The average Bonchev–Trinajstić information content (AvgIpc) is 3.00. The highest BCUT2D eigenvalue weighted by Crippen LogP contribution is 2.42. The number of ether oxygens (including phenoxy) is 1. The van der Waals surface area contributed by atoms with E-state index in [0.717, 1.165) is 33.2 Å². The van der Waals surface area contributed by atoms with Crippen molar-refractivity contribution in [2.24, 2.45) is 4.99 Å². The first-order valence-corrected chi connectivity index (χ1v) is 8.30. The second-order valence-electron chi connectivity index (χ2n) is 5.59. The molecule has 0 saturated carbocycles. The van der Waals surface area contributed by atoms with Crippen molar-refractivity contribution >= 4 is 17.2 Å². The molecule has 23 heavy (non-hydrogen) atoms. The minimum Gasteiger partial charge on any atom is -0.439 e. The van der Waals surface area contributed by atoms with Gasteiger partial charge in [-0.05, 0) is 38.5 Å². The van der Waals surface area contributed by atoms with E-state index in [2.05, 4.69) is 24.0 Å². The third-order valence-corrected chi connectivity index (χ3v) is 5.31. The summed E-state index contributed by atoms with van der Waals surface area (Å²) in [6, 6.07) is 9.75. The van der Waals surface area contributed by atoms with Crippen LogP contribution in [-0.2, 0) is 6.54 Å². The Labute approximate surface area is 138 Å². The lowest BCUT2D eigenvalue weighted by Gasteiger charge is -2.09. The number of aliphatic imine (C=N–C) groups is 1. The molecule has 0 radical (unpaired) electrons. The lowest BCUT2D eigenvalue weighted by Crippen LogP contribution is -2.11. The third kappa shape index (κ3) is 2.28. The van der Waals surface area contributed by atoms with Gasteiger partial charge in [-0.1, -0.05) is 23.4 Å². The predicted octanol–water partition coefficient (Wildman–Crippen LogP) is 4.67. The zero-order valence-corrected chi connectivity index (χ0v) is 14.0. The molecule has 1 aliphatic rings. The molecule has 0 bridgehead atoms. The van der Waals surface area contributed by atoms with E-state index in [0.29, 0.717) is 12.4 Å². The van der Waals surface area contributed by atoms with E-state index >= 15 is 0 Å². The number of hydrogen-bond acceptors (Lipinski definition) is 5. The van der Waals surface area contributed by atoms with E-state index in [9.17, 15) is 0 Å². The molecule has 1 aliphatic heterocycles. The molecule has 0 fully saturated rings. The molecule has 0 unspecified atom stereocenters. The van der Waals surface area contributed by atoms with Gasteiger partial charge in [0.2, 0.25) is 5.90 Å². The van der Waals surface area contributed by atoms with Crippen LogP contribution >= 0.6 is 11.3 Å². The van der Waals surface area contributed by atoms with Crippen LogP contribution in [0, 0.1) is 20.8 Å². The minimum absolute atomic E-state index is 0.443. The Bertz CT molecular complexity index is 907. The second kappa shape index (κ2) is 5.35. The topological polar surface area (TPSA) is 47.6 Å². The summed E-state index contributed by atoms with van der Waals surface area (Å²) >= 11 is 1.75. The third-order valence-electron chi connectivity index (χ3n) is 4.08. The highest BCUT2D eigenvalue weighted by Gasteiger charge is 2.28. The molecule has 116 valence electrons. The van der Waals surface area contributed by atoms with Crippen molar-refractivity contribution in [2.75, 3.05) is 0 Å². The number of para-hydroxylation sites is 1.